The van der Waals surface area contributed by atoms with Gasteiger partial charge in [0.2, 0.25) is 17.7 Å². The maximum absolute atomic E-state index is 14.7. The molecule has 1 aromatic carbocycles. The number of allylic oxidation sites excluding steroid dienone is 1. The zero-order valence-corrected chi connectivity index (χ0v) is 31.4. The van der Waals surface area contributed by atoms with Crippen LogP contribution in [0.2, 0.25) is 0 Å². The van der Waals surface area contributed by atoms with Crippen LogP contribution in [0.1, 0.15) is 77.4 Å². The van der Waals surface area contributed by atoms with Crippen LogP contribution in [-0.4, -0.2) is 106 Å². The van der Waals surface area contributed by atoms with Crippen molar-refractivity contribution in [2.45, 2.75) is 106 Å². The molecule has 1 aromatic rings. The van der Waals surface area contributed by atoms with Gasteiger partial charge in [-0.3, -0.25) is 19.2 Å². The molecule has 1 unspecified atom stereocenters. The number of carbonyl (C=O) groups excluding carboxylic acids is 4. The maximum atomic E-state index is 14.7. The van der Waals surface area contributed by atoms with Gasteiger partial charge < -0.3 is 34.4 Å². The highest BCUT2D eigenvalue weighted by atomic mass is 79.9. The Kier molecular flexibility index (Phi) is 13.9. The second-order valence-electron chi connectivity index (χ2n) is 14.5. The monoisotopic (exact) mass is 759 g/mol. The summed E-state index contributed by atoms with van der Waals surface area (Å²) in [4.78, 5) is 59.7. The lowest BCUT2D eigenvalue weighted by atomic mass is 9.70. The summed E-state index contributed by atoms with van der Waals surface area (Å²) in [5.41, 5.74) is -1.17. The fourth-order valence-electron chi connectivity index (χ4n) is 7.76. The quantitative estimate of drug-likeness (QED) is 0.0913. The third kappa shape index (κ3) is 8.35. The fraction of sp³-hybridized carbons (Fsp3) is 0.632. The number of aliphatic hydroxyl groups is 1. The minimum Gasteiger partial charge on any atom is -0.455 e. The zero-order valence-electron chi connectivity index (χ0n) is 29.9. The number of carbonyl (C=O) groups is 4. The molecule has 0 aromatic heterocycles. The molecule has 3 heterocycles. The van der Waals surface area contributed by atoms with Crippen LogP contribution in [0.5, 0.6) is 0 Å². The first-order valence-electron chi connectivity index (χ1n) is 17.7. The van der Waals surface area contributed by atoms with Gasteiger partial charge in [0.1, 0.15) is 17.7 Å². The number of aliphatic hydroxyl groups excluding tert-OH is 1. The molecular formula is C38H54BrN3O8. The number of ether oxygens (including phenoxy) is 3. The molecule has 3 aliphatic heterocycles. The molecule has 276 valence electrons. The Balaban J connectivity index is 1.72. The molecule has 3 amide bonds. The van der Waals surface area contributed by atoms with Gasteiger partial charge in [-0.1, -0.05) is 71.3 Å². The minimum atomic E-state index is -1.25. The minimum absolute atomic E-state index is 0.0667. The van der Waals surface area contributed by atoms with Crippen molar-refractivity contribution in [3.63, 3.8) is 0 Å². The van der Waals surface area contributed by atoms with Crippen LogP contribution in [0.15, 0.2) is 55.6 Å². The van der Waals surface area contributed by atoms with Crippen LogP contribution in [0.3, 0.4) is 0 Å². The second kappa shape index (κ2) is 17.4. The highest BCUT2D eigenvalue weighted by molar-refractivity contribution is 9.09. The Bertz CT molecular complexity index is 1370. The van der Waals surface area contributed by atoms with Crippen LogP contribution >= 0.6 is 15.9 Å². The van der Waals surface area contributed by atoms with E-state index in [0.29, 0.717) is 37.8 Å². The number of methoxy groups -OCH3 is 1. The topological polar surface area (TPSA) is 135 Å². The van der Waals surface area contributed by atoms with Gasteiger partial charge in [0.05, 0.1) is 30.6 Å². The first kappa shape index (κ1) is 39.7. The van der Waals surface area contributed by atoms with Crippen molar-refractivity contribution in [3.05, 3.63) is 61.2 Å². The SMILES string of the molecule is C=CCCC(=O)N[C@H](COC)[C@H](OC(=O)[C@@H]1[C@H]2O[C@@]3(CC2Br)[C@H](C(=O)N(CC=C)C(C)(C)C)N(CCCCCCO)C(=O)[C@@H]13)c1ccccc1. The van der Waals surface area contributed by atoms with E-state index in [9.17, 15) is 24.3 Å². The van der Waals surface area contributed by atoms with Crippen LogP contribution in [-0.2, 0) is 33.4 Å². The molecule has 3 saturated heterocycles. The van der Waals surface area contributed by atoms with Gasteiger partial charge in [-0.2, -0.15) is 0 Å². The lowest BCUT2D eigenvalue weighted by molar-refractivity contribution is -0.163. The smallest absolute Gasteiger partial charge is 0.313 e. The van der Waals surface area contributed by atoms with Gasteiger partial charge in [-0.05, 0) is 52.0 Å². The summed E-state index contributed by atoms with van der Waals surface area (Å²) < 4.78 is 18.5. The Morgan fingerprint density at radius 1 is 1.16 bits per heavy atom. The van der Waals surface area contributed by atoms with E-state index in [2.05, 4.69) is 34.4 Å². The average molecular weight is 761 g/mol. The number of hydrogen-bond acceptors (Lipinski definition) is 8. The molecule has 3 fully saturated rings. The molecule has 12 heteroatoms. The standard InChI is InChI=1S/C38H54BrN3O8/c1-7-9-19-28(44)40-27(24-48-6)31(25-17-13-12-14-18-25)49-36(47)29-30-34(45)41(21-15-10-11-16-22-43)33(38(30)23-26(39)32(29)50-38)35(46)42(20-8-2)37(3,4)5/h7-8,12-14,17-18,26-27,29-33,43H,1-2,9-11,15-16,19-24H2,3-6H3,(H,40,44)/t26?,27-,29+,30-,31-,32+,33+,38-/m1/s1. The number of halogens is 1. The normalized spacial score (nSPS) is 26.6. The number of rotatable bonds is 19. The number of unbranched alkanes of at least 4 members (excludes halogenated alkanes) is 3. The Hall–Kier alpha value is -3.06. The molecule has 50 heavy (non-hydrogen) atoms. The van der Waals surface area contributed by atoms with Crippen molar-refractivity contribution < 1.29 is 38.5 Å². The first-order valence-corrected chi connectivity index (χ1v) is 18.6. The van der Waals surface area contributed by atoms with Crippen LogP contribution in [0.4, 0.5) is 0 Å². The van der Waals surface area contributed by atoms with E-state index in [1.54, 1.807) is 22.0 Å². The molecule has 4 rings (SSSR count). The summed E-state index contributed by atoms with van der Waals surface area (Å²) in [6.07, 6.45) is 5.61. The largest absolute Gasteiger partial charge is 0.455 e. The zero-order chi connectivity index (χ0) is 36.6. The third-order valence-corrected chi connectivity index (χ3v) is 10.8. The summed E-state index contributed by atoms with van der Waals surface area (Å²) >= 11 is 3.75. The highest BCUT2D eigenvalue weighted by Gasteiger charge is 2.77. The van der Waals surface area contributed by atoms with Crippen molar-refractivity contribution in [1.82, 2.24) is 15.1 Å². The average Bonchev–Trinajstić information content (AvgIpc) is 3.67. The third-order valence-electron chi connectivity index (χ3n) is 9.99. The number of hydrogen-bond donors (Lipinski definition) is 2. The van der Waals surface area contributed by atoms with Crippen molar-refractivity contribution in [3.8, 4) is 0 Å². The summed E-state index contributed by atoms with van der Waals surface area (Å²) in [5.74, 6) is -3.36. The van der Waals surface area contributed by atoms with Gasteiger partial charge in [0.15, 0.2) is 0 Å². The number of nitrogens with zero attached hydrogens (tertiary/aromatic N) is 2. The Labute approximate surface area is 304 Å². The summed E-state index contributed by atoms with van der Waals surface area (Å²) in [6, 6.07) is 7.45. The van der Waals surface area contributed by atoms with Gasteiger partial charge in [-0.15, -0.1) is 13.2 Å². The Morgan fingerprint density at radius 2 is 1.86 bits per heavy atom. The lowest BCUT2D eigenvalue weighted by Gasteiger charge is -2.42. The van der Waals surface area contributed by atoms with Gasteiger partial charge in [0.25, 0.3) is 0 Å². The summed E-state index contributed by atoms with van der Waals surface area (Å²) in [6.45, 7) is 14.1. The van der Waals surface area contributed by atoms with Crippen molar-refractivity contribution >= 4 is 39.6 Å². The number of fused-ring (bicyclic) bond motifs is 1. The molecule has 1 spiro atoms. The number of amides is 3. The second-order valence-corrected chi connectivity index (χ2v) is 15.6. The van der Waals surface area contributed by atoms with E-state index in [1.165, 1.54) is 7.11 Å². The molecule has 8 atom stereocenters. The predicted molar refractivity (Wildman–Crippen MR) is 193 cm³/mol. The van der Waals surface area contributed by atoms with Crippen molar-refractivity contribution in [2.24, 2.45) is 11.8 Å². The summed E-state index contributed by atoms with van der Waals surface area (Å²) in [5, 5.41) is 12.2. The molecule has 11 nitrogen and oxygen atoms in total. The summed E-state index contributed by atoms with van der Waals surface area (Å²) in [7, 11) is 1.51. The van der Waals surface area contributed by atoms with Crippen LogP contribution < -0.4 is 5.32 Å². The molecule has 0 saturated carbocycles. The van der Waals surface area contributed by atoms with E-state index in [-0.39, 0.29) is 48.7 Å². The fourth-order valence-corrected chi connectivity index (χ4v) is 8.71. The molecule has 3 aliphatic rings. The van der Waals surface area contributed by atoms with Crippen molar-refractivity contribution in [2.75, 3.05) is 33.4 Å². The number of alkyl halides is 1. The first-order chi connectivity index (χ1) is 23.9. The molecule has 0 aliphatic carbocycles. The number of nitrogens with one attached hydrogen (secondary N) is 1. The van der Waals surface area contributed by atoms with Gasteiger partial charge >= 0.3 is 5.97 Å². The number of likely N-dealkylation sites (tertiary alicyclic amines) is 1. The molecule has 0 radical (unpaired) electrons. The number of esters is 1. The van der Waals surface area contributed by atoms with E-state index < -0.39 is 53.2 Å². The lowest BCUT2D eigenvalue weighted by Crippen LogP contribution is -2.60. The predicted octanol–water partition coefficient (Wildman–Crippen LogP) is 4.48. The van der Waals surface area contributed by atoms with E-state index in [1.807, 2.05) is 51.1 Å². The van der Waals surface area contributed by atoms with Gasteiger partial charge in [0, 0.05) is 43.6 Å². The number of benzene rings is 1. The van der Waals surface area contributed by atoms with E-state index in [0.717, 1.165) is 12.8 Å². The van der Waals surface area contributed by atoms with Crippen LogP contribution in [0, 0.1) is 11.8 Å². The van der Waals surface area contributed by atoms with Gasteiger partial charge in [-0.25, -0.2) is 0 Å². The highest BCUT2D eigenvalue weighted by Crippen LogP contribution is 2.60. The maximum Gasteiger partial charge on any atom is 0.313 e. The Morgan fingerprint density at radius 3 is 2.48 bits per heavy atom. The molecule has 2 N–H and O–H groups in total. The van der Waals surface area contributed by atoms with Crippen molar-refractivity contribution in [1.29, 1.82) is 0 Å². The molecule has 2 bridgehead atoms. The van der Waals surface area contributed by atoms with Crippen LogP contribution in [0.25, 0.3) is 0 Å². The molecular weight excluding hydrogens is 706 g/mol. The van der Waals surface area contributed by atoms with E-state index in [4.69, 9.17) is 14.2 Å². The van der Waals surface area contributed by atoms with E-state index >= 15 is 0 Å².